The van der Waals surface area contributed by atoms with Crippen LogP contribution in [0, 0.1) is 13.8 Å². The van der Waals surface area contributed by atoms with Crippen molar-refractivity contribution in [2.75, 3.05) is 55.3 Å². The van der Waals surface area contributed by atoms with Gasteiger partial charge in [0.1, 0.15) is 17.9 Å². The van der Waals surface area contributed by atoms with Gasteiger partial charge in [0.05, 0.1) is 37.3 Å². The van der Waals surface area contributed by atoms with E-state index in [9.17, 15) is 19.2 Å². The summed E-state index contributed by atoms with van der Waals surface area (Å²) < 4.78 is 13.9. The van der Waals surface area contributed by atoms with E-state index in [1.54, 1.807) is 34.3 Å². The van der Waals surface area contributed by atoms with Crippen LogP contribution in [0.15, 0.2) is 36.7 Å². The number of imidazole rings is 1. The molecule has 0 radical (unpaired) electrons. The van der Waals surface area contributed by atoms with Crippen molar-refractivity contribution in [2.45, 2.75) is 152 Å². The second-order valence-corrected chi connectivity index (χ2v) is 15.0. The molecule has 1 aromatic carbocycles. The van der Waals surface area contributed by atoms with Gasteiger partial charge in [0.2, 0.25) is 18.2 Å². The maximum Gasteiger partial charge on any atom is 0.407 e. The van der Waals surface area contributed by atoms with Gasteiger partial charge < -0.3 is 50.5 Å². The highest BCUT2D eigenvalue weighted by atomic mass is 16.5. The number of nitrogens with zero attached hydrogens (tertiary/aromatic N) is 3. The third-order valence-electron chi connectivity index (χ3n) is 9.96. The number of pyridine rings is 1. The molecule has 2 unspecified atom stereocenters. The number of rotatable bonds is 16. The van der Waals surface area contributed by atoms with Crippen molar-refractivity contribution in [3.05, 3.63) is 59.2 Å². The van der Waals surface area contributed by atoms with Gasteiger partial charge in [0.15, 0.2) is 0 Å². The molecule has 3 aromatic rings. The number of methoxy groups -OCH3 is 3. The Morgan fingerprint density at radius 1 is 0.955 bits per heavy atom. The lowest BCUT2D eigenvalue weighted by molar-refractivity contribution is -0.138. The zero-order chi connectivity index (χ0) is 50.6. The van der Waals surface area contributed by atoms with Gasteiger partial charge in [0.25, 0.3) is 0 Å². The van der Waals surface area contributed by atoms with Crippen LogP contribution < -0.4 is 26.6 Å². The fourth-order valence-corrected chi connectivity index (χ4v) is 6.41. The van der Waals surface area contributed by atoms with E-state index in [2.05, 4.69) is 98.0 Å². The van der Waals surface area contributed by atoms with Crippen LogP contribution in [0.1, 0.15) is 129 Å². The van der Waals surface area contributed by atoms with Gasteiger partial charge in [-0.1, -0.05) is 79.5 Å². The Morgan fingerprint density at radius 3 is 2.08 bits per heavy atom. The summed E-state index contributed by atoms with van der Waals surface area (Å²) in [6.45, 7) is 24.7. The van der Waals surface area contributed by atoms with Gasteiger partial charge in [0, 0.05) is 77.6 Å². The first kappa shape index (κ1) is 63.1. The maximum absolute atomic E-state index is 13.1. The molecule has 2 fully saturated rings. The summed E-state index contributed by atoms with van der Waals surface area (Å²) in [5, 5.41) is 21.6. The van der Waals surface area contributed by atoms with Crippen molar-refractivity contribution < 1.29 is 38.5 Å². The molecule has 0 spiro atoms. The van der Waals surface area contributed by atoms with Gasteiger partial charge in [-0.2, -0.15) is 0 Å². The fourth-order valence-electron chi connectivity index (χ4n) is 6.41. The van der Waals surface area contributed by atoms with E-state index in [1.165, 1.54) is 31.8 Å². The number of unbranched alkanes of at least 4 members (excludes halogenated alkanes) is 1. The molecule has 5 rings (SSSR count). The highest BCUT2D eigenvalue weighted by Gasteiger charge is 2.33. The largest absolute Gasteiger partial charge is 0.453 e. The molecule has 1 aliphatic heterocycles. The van der Waals surface area contributed by atoms with Crippen LogP contribution in [0.25, 0.3) is 22.5 Å². The van der Waals surface area contributed by atoms with Crippen LogP contribution in [0.2, 0.25) is 0 Å². The Balaban J connectivity index is 0. The lowest BCUT2D eigenvalue weighted by Gasteiger charge is -2.38. The molecule has 7 N–H and O–H groups in total. The number of aromatic amines is 1. The summed E-state index contributed by atoms with van der Waals surface area (Å²) >= 11 is 0. The number of aliphatic hydroxyl groups is 1. The Kier molecular flexibility index (Phi) is 36.5. The number of aryl methyl sites for hydroxylation is 2. The quantitative estimate of drug-likeness (QED) is 0.0572. The molecule has 3 heterocycles. The molecule has 1 saturated heterocycles. The number of hydrogen-bond acceptors (Lipinski definition) is 12. The van der Waals surface area contributed by atoms with Crippen molar-refractivity contribution in [1.29, 1.82) is 0 Å². The predicted molar refractivity (Wildman–Crippen MR) is 266 cm³/mol. The second-order valence-electron chi connectivity index (χ2n) is 15.0. The molecule has 66 heavy (non-hydrogen) atoms. The first-order valence-electron chi connectivity index (χ1n) is 23.4. The number of carbonyl (C=O) groups is 4. The number of ether oxygens (including phenoxy) is 3. The smallest absolute Gasteiger partial charge is 0.407 e. The lowest BCUT2D eigenvalue weighted by Crippen LogP contribution is -2.52. The van der Waals surface area contributed by atoms with Crippen LogP contribution in [-0.2, 0) is 35.1 Å². The molecule has 4 atom stereocenters. The van der Waals surface area contributed by atoms with Gasteiger partial charge in [-0.25, -0.2) is 9.78 Å². The standard InChI is InChI=1S/C29H37N7O3.C10H20N2O3.C3H8.C2H6O.2C2H6.CH4O/c1-17-10-20(24-13-30-16-33-24)8-9-23(17)27-18(2)11-21(12-32-27)25-14-31-26(35-25)15-36(22-6-5-7-22)28(37)19(3)34-29(38)39-4;1-4-5-6-11-10(14)9(12-7-13)8(2)15-3;2*1-3-2;3*1-2/h8-12,14,19,22,24,30,33H,5-7,13,15-16H2,1-4H3,(H,31,35)(H,34,38);7-9H,4-6H2,1-3H3,(H,11,14)(H,12,13);3H2,1-2H3;1-2H3;2*1-2H3;2H,1H3/t19-,24?;8-,9?;;;;;/m01...../s1. The maximum atomic E-state index is 13.1. The van der Waals surface area contributed by atoms with Crippen LogP contribution in [0.4, 0.5) is 4.79 Å². The zero-order valence-electron chi connectivity index (χ0n) is 43.1. The third-order valence-corrected chi connectivity index (χ3v) is 9.96. The van der Waals surface area contributed by atoms with Crippen LogP contribution in [-0.4, -0.2) is 129 Å². The molecular formula is C49H87N9O8. The monoisotopic (exact) mass is 930 g/mol. The number of nitrogens with one attached hydrogen (secondary N) is 6. The van der Waals surface area contributed by atoms with E-state index in [1.807, 2.05) is 45.7 Å². The van der Waals surface area contributed by atoms with E-state index < -0.39 is 18.2 Å². The Bertz CT molecular complexity index is 1750. The minimum Gasteiger partial charge on any atom is -0.453 e. The van der Waals surface area contributed by atoms with Gasteiger partial charge in [-0.05, 0) is 76.1 Å². The van der Waals surface area contributed by atoms with Crippen LogP contribution >= 0.6 is 0 Å². The highest BCUT2D eigenvalue weighted by molar-refractivity contribution is 5.85. The second kappa shape index (κ2) is 38.2. The Labute approximate surface area is 396 Å². The van der Waals surface area contributed by atoms with Gasteiger partial charge in [-0.15, -0.1) is 0 Å². The van der Waals surface area contributed by atoms with Crippen molar-refractivity contribution in [3.63, 3.8) is 0 Å². The number of H-pyrrole nitrogens is 1. The number of aromatic nitrogens is 3. The van der Waals surface area contributed by atoms with Crippen LogP contribution in [0.3, 0.4) is 0 Å². The average Bonchev–Trinajstić information content (AvgIpc) is 4.04. The summed E-state index contributed by atoms with van der Waals surface area (Å²) in [5.74, 6) is 0.342. The number of alkyl carbamates (subject to hydrolysis) is 1. The van der Waals surface area contributed by atoms with Crippen LogP contribution in [0.5, 0.6) is 0 Å². The van der Waals surface area contributed by atoms with E-state index in [0.717, 1.165) is 80.5 Å². The molecule has 17 nitrogen and oxygen atoms in total. The molecular weight excluding hydrogens is 843 g/mol. The molecule has 0 bridgehead atoms. The number of hydrogen-bond donors (Lipinski definition) is 7. The van der Waals surface area contributed by atoms with E-state index >= 15 is 0 Å². The van der Waals surface area contributed by atoms with Crippen molar-refractivity contribution >= 4 is 24.3 Å². The molecule has 2 aromatic heterocycles. The van der Waals surface area contributed by atoms with E-state index in [0.29, 0.717) is 31.4 Å². The minimum atomic E-state index is -0.685. The highest BCUT2D eigenvalue weighted by Crippen LogP contribution is 2.31. The Morgan fingerprint density at radius 2 is 1.59 bits per heavy atom. The van der Waals surface area contributed by atoms with E-state index in [4.69, 9.17) is 14.8 Å². The van der Waals surface area contributed by atoms with Crippen molar-refractivity contribution in [3.8, 4) is 22.5 Å². The number of benzene rings is 1. The summed E-state index contributed by atoms with van der Waals surface area (Å²) in [6, 6.07) is 7.88. The molecule has 17 heteroatoms. The topological polar surface area (TPSA) is 221 Å². The molecule has 2 aliphatic rings. The van der Waals surface area contributed by atoms with Gasteiger partial charge in [-0.3, -0.25) is 24.7 Å². The first-order chi connectivity index (χ1) is 31.8. The molecule has 1 aliphatic carbocycles. The number of amides is 4. The fraction of sp³-hybridized carbons (Fsp3) is 0.633. The van der Waals surface area contributed by atoms with Gasteiger partial charge >= 0.3 is 6.09 Å². The summed E-state index contributed by atoms with van der Waals surface area (Å²) in [7, 11) is 7.04. The number of aliphatic hydroxyl groups excluding tert-OH is 1. The van der Waals surface area contributed by atoms with E-state index in [-0.39, 0.29) is 24.0 Å². The summed E-state index contributed by atoms with van der Waals surface area (Å²) in [4.78, 5) is 61.3. The first-order valence-corrected chi connectivity index (χ1v) is 23.4. The molecule has 1 saturated carbocycles. The van der Waals surface area contributed by atoms with Crippen molar-refractivity contribution in [1.82, 2.24) is 46.4 Å². The predicted octanol–water partition coefficient (Wildman–Crippen LogP) is 6.96. The normalized spacial score (nSPS) is 14.6. The minimum absolute atomic E-state index is 0.145. The SMILES string of the molecule is CC.CC.CCC.CCCCNC(=O)C(NC=O)[C@@H](C)OC.CO.COC.COC(=O)N[C@@H](C)C(=O)N(Cc1ncc(-c2cnc(-c3ccc(C4CNCN4)cc3C)c(C)c2)[nH]1)C1CCC1. The molecule has 376 valence electrons. The third kappa shape index (κ3) is 22.0. The zero-order valence-corrected chi connectivity index (χ0v) is 43.1. The summed E-state index contributed by atoms with van der Waals surface area (Å²) in [6.07, 6.45) is 9.39. The number of carbonyl (C=O) groups excluding carboxylic acids is 4. The Hall–Kier alpha value is -4.94. The van der Waals surface area contributed by atoms with Crippen molar-refractivity contribution in [2.24, 2.45) is 0 Å². The summed E-state index contributed by atoms with van der Waals surface area (Å²) in [5.41, 5.74) is 7.44. The molecule has 4 amide bonds. The average molecular weight is 930 g/mol. The lowest BCUT2D eigenvalue weighted by atomic mass is 9.91.